The van der Waals surface area contributed by atoms with Crippen LogP contribution >= 0.6 is 11.3 Å². The van der Waals surface area contributed by atoms with Crippen molar-refractivity contribution in [2.24, 2.45) is 0 Å². The first-order chi connectivity index (χ1) is 10.3. The molecule has 3 aromatic rings. The molecule has 0 aliphatic heterocycles. The standard InChI is InChI=1S/C14H13N5OS/c20-14(12-10-15-4-5-16-12)17-6-8-19-7-3-11(18-19)13-2-1-9-21-13/h1-5,7,9-10H,6,8H2,(H,17,20). The zero-order chi connectivity index (χ0) is 14.5. The van der Waals surface area contributed by atoms with Crippen LogP contribution in [0.4, 0.5) is 0 Å². The third kappa shape index (κ3) is 3.32. The summed E-state index contributed by atoms with van der Waals surface area (Å²) in [5.74, 6) is -0.228. The Morgan fingerprint density at radius 2 is 2.29 bits per heavy atom. The predicted molar refractivity (Wildman–Crippen MR) is 79.9 cm³/mol. The summed E-state index contributed by atoms with van der Waals surface area (Å²) in [5, 5.41) is 9.29. The molecule has 0 saturated carbocycles. The maximum absolute atomic E-state index is 11.8. The molecule has 6 nitrogen and oxygen atoms in total. The molecule has 0 radical (unpaired) electrons. The summed E-state index contributed by atoms with van der Waals surface area (Å²) >= 11 is 1.65. The Morgan fingerprint density at radius 1 is 1.33 bits per heavy atom. The number of thiophene rings is 1. The van der Waals surface area contributed by atoms with Crippen LogP contribution in [0.1, 0.15) is 10.5 Å². The number of hydrogen-bond acceptors (Lipinski definition) is 5. The van der Waals surface area contributed by atoms with Gasteiger partial charge in [0, 0.05) is 25.1 Å². The molecule has 3 aromatic heterocycles. The van der Waals surface area contributed by atoms with Crippen LogP contribution in [0.5, 0.6) is 0 Å². The van der Waals surface area contributed by atoms with E-state index in [0.717, 1.165) is 10.6 Å². The first kappa shape index (κ1) is 13.4. The lowest BCUT2D eigenvalue weighted by atomic mass is 10.3. The van der Waals surface area contributed by atoms with E-state index in [0.29, 0.717) is 18.8 Å². The Morgan fingerprint density at radius 3 is 3.05 bits per heavy atom. The van der Waals surface area contributed by atoms with E-state index in [-0.39, 0.29) is 5.91 Å². The molecule has 1 N–H and O–H groups in total. The summed E-state index contributed by atoms with van der Waals surface area (Å²) in [7, 11) is 0. The molecule has 106 valence electrons. The summed E-state index contributed by atoms with van der Waals surface area (Å²) in [6, 6.07) is 6.00. The molecule has 0 aliphatic carbocycles. The van der Waals surface area contributed by atoms with Gasteiger partial charge < -0.3 is 5.32 Å². The van der Waals surface area contributed by atoms with Crippen LogP contribution in [0.3, 0.4) is 0 Å². The minimum Gasteiger partial charge on any atom is -0.349 e. The van der Waals surface area contributed by atoms with E-state index in [9.17, 15) is 4.79 Å². The van der Waals surface area contributed by atoms with Crippen molar-refractivity contribution in [3.8, 4) is 10.6 Å². The smallest absolute Gasteiger partial charge is 0.271 e. The van der Waals surface area contributed by atoms with E-state index < -0.39 is 0 Å². The summed E-state index contributed by atoms with van der Waals surface area (Å²) < 4.78 is 1.81. The molecule has 21 heavy (non-hydrogen) atoms. The van der Waals surface area contributed by atoms with Gasteiger partial charge in [-0.1, -0.05) is 6.07 Å². The third-order valence-electron chi connectivity index (χ3n) is 2.84. The minimum absolute atomic E-state index is 0.228. The van der Waals surface area contributed by atoms with Crippen molar-refractivity contribution in [3.63, 3.8) is 0 Å². The van der Waals surface area contributed by atoms with Crippen LogP contribution in [-0.4, -0.2) is 32.2 Å². The third-order valence-corrected chi connectivity index (χ3v) is 3.73. The van der Waals surface area contributed by atoms with Gasteiger partial charge in [0.25, 0.3) is 5.91 Å². The molecule has 3 heterocycles. The van der Waals surface area contributed by atoms with E-state index in [1.165, 1.54) is 18.6 Å². The highest BCUT2D eigenvalue weighted by Crippen LogP contribution is 2.22. The van der Waals surface area contributed by atoms with Crippen LogP contribution in [-0.2, 0) is 6.54 Å². The van der Waals surface area contributed by atoms with Crippen molar-refractivity contribution in [3.05, 3.63) is 54.1 Å². The van der Waals surface area contributed by atoms with Gasteiger partial charge in [-0.3, -0.25) is 14.5 Å². The van der Waals surface area contributed by atoms with E-state index in [4.69, 9.17) is 0 Å². The molecule has 0 saturated heterocycles. The van der Waals surface area contributed by atoms with Crippen molar-refractivity contribution in [1.82, 2.24) is 25.1 Å². The van der Waals surface area contributed by atoms with Crippen molar-refractivity contribution in [1.29, 1.82) is 0 Å². The molecule has 0 aromatic carbocycles. The van der Waals surface area contributed by atoms with Gasteiger partial charge in [-0.25, -0.2) is 4.98 Å². The van der Waals surface area contributed by atoms with Gasteiger partial charge >= 0.3 is 0 Å². The van der Waals surface area contributed by atoms with Crippen LogP contribution < -0.4 is 5.32 Å². The fraction of sp³-hybridized carbons (Fsp3) is 0.143. The van der Waals surface area contributed by atoms with E-state index in [1.54, 1.807) is 11.3 Å². The highest BCUT2D eigenvalue weighted by Gasteiger charge is 2.06. The first-order valence-electron chi connectivity index (χ1n) is 6.44. The molecule has 7 heteroatoms. The lowest BCUT2D eigenvalue weighted by molar-refractivity contribution is 0.0946. The minimum atomic E-state index is -0.228. The zero-order valence-corrected chi connectivity index (χ0v) is 12.0. The average Bonchev–Trinajstić information content (AvgIpc) is 3.19. The normalized spacial score (nSPS) is 10.5. The lowest BCUT2D eigenvalue weighted by Gasteiger charge is -2.04. The Hall–Kier alpha value is -2.54. The quantitative estimate of drug-likeness (QED) is 0.780. The number of hydrogen-bond donors (Lipinski definition) is 1. The van der Waals surface area contributed by atoms with E-state index in [1.807, 2.05) is 34.5 Å². The highest BCUT2D eigenvalue weighted by molar-refractivity contribution is 7.13. The Balaban J connectivity index is 1.53. The summed E-state index contributed by atoms with van der Waals surface area (Å²) in [6.45, 7) is 1.10. The van der Waals surface area contributed by atoms with Crippen molar-refractivity contribution in [2.75, 3.05) is 6.54 Å². The SMILES string of the molecule is O=C(NCCn1ccc(-c2cccs2)n1)c1cnccn1. The van der Waals surface area contributed by atoms with Crippen LogP contribution in [0.15, 0.2) is 48.4 Å². The molecule has 0 bridgehead atoms. The molecule has 1 amide bonds. The largest absolute Gasteiger partial charge is 0.349 e. The number of aromatic nitrogens is 4. The zero-order valence-electron chi connectivity index (χ0n) is 11.1. The second-order valence-electron chi connectivity index (χ2n) is 4.29. The van der Waals surface area contributed by atoms with Crippen molar-refractivity contribution in [2.45, 2.75) is 6.54 Å². The van der Waals surface area contributed by atoms with Gasteiger partial charge in [0.2, 0.25) is 0 Å². The lowest BCUT2D eigenvalue weighted by Crippen LogP contribution is -2.28. The Kier molecular flexibility index (Phi) is 4.02. The fourth-order valence-corrected chi connectivity index (χ4v) is 2.52. The maximum Gasteiger partial charge on any atom is 0.271 e. The second-order valence-corrected chi connectivity index (χ2v) is 5.24. The molecule has 0 aliphatic rings. The molecule has 0 atom stereocenters. The topological polar surface area (TPSA) is 72.7 Å². The number of nitrogens with one attached hydrogen (secondary N) is 1. The van der Waals surface area contributed by atoms with Crippen molar-refractivity contribution < 1.29 is 4.79 Å². The van der Waals surface area contributed by atoms with E-state index >= 15 is 0 Å². The van der Waals surface area contributed by atoms with Crippen LogP contribution in [0.25, 0.3) is 10.6 Å². The summed E-state index contributed by atoms with van der Waals surface area (Å²) in [5.41, 5.74) is 1.27. The van der Waals surface area contributed by atoms with Gasteiger partial charge in [0.15, 0.2) is 0 Å². The summed E-state index contributed by atoms with van der Waals surface area (Å²) in [6.07, 6.45) is 6.38. The fourth-order valence-electron chi connectivity index (χ4n) is 1.83. The van der Waals surface area contributed by atoms with Crippen molar-refractivity contribution >= 4 is 17.2 Å². The first-order valence-corrected chi connectivity index (χ1v) is 7.32. The Bertz CT molecular complexity index is 708. The molecule has 0 fully saturated rings. The van der Waals surface area contributed by atoms with Gasteiger partial charge in [-0.05, 0) is 17.5 Å². The maximum atomic E-state index is 11.8. The predicted octanol–water partition coefficient (Wildman–Crippen LogP) is 1.83. The average molecular weight is 299 g/mol. The number of carbonyl (C=O) groups excluding carboxylic acids is 1. The molecule has 0 spiro atoms. The van der Waals surface area contributed by atoms with Crippen LogP contribution in [0, 0.1) is 0 Å². The monoisotopic (exact) mass is 299 g/mol. The Labute approximate surface area is 125 Å². The summed E-state index contributed by atoms with van der Waals surface area (Å²) in [4.78, 5) is 20.7. The van der Waals surface area contributed by atoms with Crippen LogP contribution in [0.2, 0.25) is 0 Å². The number of nitrogens with zero attached hydrogens (tertiary/aromatic N) is 4. The molecular formula is C14H13N5OS. The molecular weight excluding hydrogens is 286 g/mol. The van der Waals surface area contributed by atoms with Gasteiger partial charge in [0.05, 0.1) is 17.6 Å². The number of rotatable bonds is 5. The van der Waals surface area contributed by atoms with Gasteiger partial charge in [-0.15, -0.1) is 11.3 Å². The number of amides is 1. The number of carbonyl (C=O) groups is 1. The van der Waals surface area contributed by atoms with Gasteiger partial charge in [0.1, 0.15) is 11.4 Å². The molecule has 0 unspecified atom stereocenters. The van der Waals surface area contributed by atoms with E-state index in [2.05, 4.69) is 20.4 Å². The van der Waals surface area contributed by atoms with Gasteiger partial charge in [-0.2, -0.15) is 5.10 Å². The second kappa shape index (κ2) is 6.27. The molecule has 3 rings (SSSR count). The highest BCUT2D eigenvalue weighted by atomic mass is 32.1.